The summed E-state index contributed by atoms with van der Waals surface area (Å²) in [7, 11) is 1.53. The Hall–Kier alpha value is -1.60. The van der Waals surface area contributed by atoms with Crippen molar-refractivity contribution in [3.05, 3.63) is 28.7 Å². The van der Waals surface area contributed by atoms with E-state index in [0.717, 1.165) is 4.47 Å². The summed E-state index contributed by atoms with van der Waals surface area (Å²) >= 11 is 3.30. The van der Waals surface area contributed by atoms with Crippen LogP contribution in [0.1, 0.15) is 6.92 Å². The first-order valence-corrected chi connectivity index (χ1v) is 6.79. The van der Waals surface area contributed by atoms with Gasteiger partial charge in [0.05, 0.1) is 17.1 Å². The minimum atomic E-state index is -0.574. The maximum atomic E-state index is 11.5. The van der Waals surface area contributed by atoms with Gasteiger partial charge in [0.2, 0.25) is 0 Å². The van der Waals surface area contributed by atoms with Gasteiger partial charge in [-0.3, -0.25) is 10.1 Å². The lowest BCUT2D eigenvalue weighted by molar-refractivity contribution is -0.122. The topological polar surface area (TPSA) is 76.7 Å². The van der Waals surface area contributed by atoms with Crippen LogP contribution in [0.2, 0.25) is 0 Å². The van der Waals surface area contributed by atoms with Gasteiger partial charge in [-0.2, -0.15) is 0 Å². The lowest BCUT2D eigenvalue weighted by Gasteiger charge is -2.13. The molecule has 0 saturated carbocycles. The van der Waals surface area contributed by atoms with Crippen molar-refractivity contribution < 1.29 is 19.1 Å². The molecular weight excluding hydrogens is 328 g/mol. The number of rotatable bonds is 6. The van der Waals surface area contributed by atoms with E-state index < -0.39 is 11.9 Å². The summed E-state index contributed by atoms with van der Waals surface area (Å²) in [6.45, 7) is 1.90. The zero-order chi connectivity index (χ0) is 15.0. The van der Waals surface area contributed by atoms with Crippen LogP contribution >= 0.6 is 15.9 Å². The molecular formula is C13H17BrN2O4. The second kappa shape index (κ2) is 8.55. The summed E-state index contributed by atoms with van der Waals surface area (Å²) in [4.78, 5) is 23.0. The number of imide groups is 1. The van der Waals surface area contributed by atoms with Gasteiger partial charge in [-0.25, -0.2) is 4.79 Å². The molecule has 2 N–H and O–H groups in total. The maximum Gasteiger partial charge on any atom is 0.321 e. The Balaban J connectivity index is 2.33. The van der Waals surface area contributed by atoms with Crippen LogP contribution in [0.25, 0.3) is 0 Å². The highest BCUT2D eigenvalue weighted by Gasteiger charge is 2.11. The summed E-state index contributed by atoms with van der Waals surface area (Å²) in [6, 6.07) is 6.38. The Bertz CT molecular complexity index is 467. The average Bonchev–Trinajstić information content (AvgIpc) is 2.37. The highest BCUT2D eigenvalue weighted by Crippen LogP contribution is 2.23. The molecule has 7 heteroatoms. The predicted molar refractivity (Wildman–Crippen MR) is 77.6 cm³/mol. The third-order valence-electron chi connectivity index (χ3n) is 2.24. The minimum Gasteiger partial charge on any atom is -0.483 e. The SMILES string of the molecule is COCC(C)NC(=O)NC(=O)COc1ccccc1Br. The van der Waals surface area contributed by atoms with Gasteiger partial charge in [-0.05, 0) is 35.0 Å². The second-order valence-electron chi connectivity index (χ2n) is 4.10. The summed E-state index contributed by atoms with van der Waals surface area (Å²) in [5, 5.41) is 4.73. The van der Waals surface area contributed by atoms with Crippen LogP contribution in [-0.4, -0.2) is 38.3 Å². The number of benzene rings is 1. The van der Waals surface area contributed by atoms with Crippen LogP contribution in [0.4, 0.5) is 4.79 Å². The first-order chi connectivity index (χ1) is 9.52. The zero-order valence-corrected chi connectivity index (χ0v) is 12.9. The molecule has 0 aliphatic rings. The van der Waals surface area contributed by atoms with Crippen LogP contribution in [0.3, 0.4) is 0 Å². The summed E-state index contributed by atoms with van der Waals surface area (Å²) in [5.41, 5.74) is 0. The van der Waals surface area contributed by atoms with Crippen molar-refractivity contribution in [1.82, 2.24) is 10.6 Å². The van der Waals surface area contributed by atoms with Crippen LogP contribution in [0.5, 0.6) is 5.75 Å². The fraction of sp³-hybridized carbons (Fsp3) is 0.385. The molecule has 0 aromatic heterocycles. The monoisotopic (exact) mass is 344 g/mol. The number of methoxy groups -OCH3 is 1. The Morgan fingerprint density at radius 3 is 2.70 bits per heavy atom. The van der Waals surface area contributed by atoms with Gasteiger partial charge in [-0.15, -0.1) is 0 Å². The van der Waals surface area contributed by atoms with Crippen molar-refractivity contribution in [2.45, 2.75) is 13.0 Å². The third kappa shape index (κ3) is 6.03. The van der Waals surface area contributed by atoms with Crippen molar-refractivity contribution in [2.24, 2.45) is 0 Å². The van der Waals surface area contributed by atoms with Crippen molar-refractivity contribution in [2.75, 3.05) is 20.3 Å². The molecule has 6 nitrogen and oxygen atoms in total. The van der Waals surface area contributed by atoms with E-state index in [0.29, 0.717) is 12.4 Å². The smallest absolute Gasteiger partial charge is 0.321 e. The summed E-state index contributed by atoms with van der Waals surface area (Å²) in [5.74, 6) is 0.0127. The Morgan fingerprint density at radius 2 is 2.05 bits per heavy atom. The predicted octanol–water partition coefficient (Wildman–Crippen LogP) is 1.69. The molecule has 110 valence electrons. The molecule has 0 aliphatic carbocycles. The molecule has 0 radical (unpaired) electrons. The van der Waals surface area contributed by atoms with Gasteiger partial charge < -0.3 is 14.8 Å². The number of nitrogens with one attached hydrogen (secondary N) is 2. The number of ether oxygens (including phenoxy) is 2. The van der Waals surface area contributed by atoms with Gasteiger partial charge in [0.25, 0.3) is 5.91 Å². The molecule has 0 fully saturated rings. The number of hydrogen-bond donors (Lipinski definition) is 2. The number of para-hydroxylation sites is 1. The summed E-state index contributed by atoms with van der Waals surface area (Å²) in [6.07, 6.45) is 0. The summed E-state index contributed by atoms with van der Waals surface area (Å²) < 4.78 is 10.9. The van der Waals surface area contributed by atoms with E-state index in [1.54, 1.807) is 25.1 Å². The molecule has 1 aromatic carbocycles. The first-order valence-electron chi connectivity index (χ1n) is 5.99. The van der Waals surface area contributed by atoms with Crippen LogP contribution < -0.4 is 15.4 Å². The number of urea groups is 1. The molecule has 0 saturated heterocycles. The van der Waals surface area contributed by atoms with E-state index in [-0.39, 0.29) is 12.6 Å². The molecule has 0 aliphatic heterocycles. The van der Waals surface area contributed by atoms with Gasteiger partial charge in [0.15, 0.2) is 6.61 Å². The largest absolute Gasteiger partial charge is 0.483 e. The van der Waals surface area contributed by atoms with Crippen molar-refractivity contribution in [3.8, 4) is 5.75 Å². The van der Waals surface area contributed by atoms with Crippen molar-refractivity contribution in [3.63, 3.8) is 0 Å². The van der Waals surface area contributed by atoms with Gasteiger partial charge >= 0.3 is 6.03 Å². The van der Waals surface area contributed by atoms with E-state index >= 15 is 0 Å². The van der Waals surface area contributed by atoms with E-state index in [1.165, 1.54) is 7.11 Å². The number of carbonyl (C=O) groups is 2. The molecule has 0 heterocycles. The molecule has 3 amide bonds. The molecule has 1 rings (SSSR count). The van der Waals surface area contributed by atoms with Crippen LogP contribution in [-0.2, 0) is 9.53 Å². The molecule has 1 atom stereocenters. The highest BCUT2D eigenvalue weighted by molar-refractivity contribution is 9.10. The maximum absolute atomic E-state index is 11.5. The fourth-order valence-corrected chi connectivity index (χ4v) is 1.82. The lowest BCUT2D eigenvalue weighted by Crippen LogP contribution is -2.46. The number of halogens is 1. The first kappa shape index (κ1) is 16.5. The normalized spacial score (nSPS) is 11.6. The average molecular weight is 345 g/mol. The number of amides is 3. The molecule has 1 aromatic rings. The van der Waals surface area contributed by atoms with E-state index in [1.807, 2.05) is 6.07 Å². The van der Waals surface area contributed by atoms with Crippen molar-refractivity contribution in [1.29, 1.82) is 0 Å². The Morgan fingerprint density at radius 1 is 1.35 bits per heavy atom. The van der Waals surface area contributed by atoms with Gasteiger partial charge in [0, 0.05) is 7.11 Å². The second-order valence-corrected chi connectivity index (χ2v) is 4.95. The van der Waals surface area contributed by atoms with Crippen LogP contribution in [0, 0.1) is 0 Å². The highest BCUT2D eigenvalue weighted by atomic mass is 79.9. The Kier molecular flexibility index (Phi) is 7.03. The molecule has 0 spiro atoms. The van der Waals surface area contributed by atoms with Gasteiger partial charge in [-0.1, -0.05) is 12.1 Å². The molecule has 1 unspecified atom stereocenters. The third-order valence-corrected chi connectivity index (χ3v) is 2.90. The fourth-order valence-electron chi connectivity index (χ4n) is 1.42. The number of carbonyl (C=O) groups excluding carboxylic acids is 2. The quantitative estimate of drug-likeness (QED) is 0.823. The molecule has 0 bridgehead atoms. The van der Waals surface area contributed by atoms with E-state index in [2.05, 4.69) is 26.6 Å². The van der Waals surface area contributed by atoms with E-state index in [9.17, 15) is 9.59 Å². The van der Waals surface area contributed by atoms with E-state index in [4.69, 9.17) is 9.47 Å². The zero-order valence-electron chi connectivity index (χ0n) is 11.3. The van der Waals surface area contributed by atoms with Crippen molar-refractivity contribution >= 4 is 27.9 Å². The minimum absolute atomic E-state index is 0.183. The van der Waals surface area contributed by atoms with Gasteiger partial charge in [0.1, 0.15) is 5.75 Å². The standard InChI is InChI=1S/C13H17BrN2O4/c1-9(7-19-2)15-13(18)16-12(17)8-20-11-6-4-3-5-10(11)14/h3-6,9H,7-8H2,1-2H3,(H2,15,16,17,18). The Labute approximate surface area is 126 Å². The number of hydrogen-bond acceptors (Lipinski definition) is 4. The van der Waals surface area contributed by atoms with Crippen LogP contribution in [0.15, 0.2) is 28.7 Å². The lowest BCUT2D eigenvalue weighted by atomic mass is 10.3. The molecule has 20 heavy (non-hydrogen) atoms.